The Morgan fingerprint density at radius 1 is 0.228 bits per heavy atom. The van der Waals surface area contributed by atoms with Crippen LogP contribution in [0.4, 0.5) is 65.9 Å². The molecule has 0 unspecified atom stereocenters. The zero-order chi connectivity index (χ0) is 55.5. The van der Waals surface area contributed by atoms with Crippen LogP contribution < -0.4 is 0 Å². The largest absolute Gasteiger partial charge is 0.355 e. The standard InChI is InChI=1S/C37H11F15N4.C19H14N4/c38-21-18(22(39)28(45)33(50)27(21)44)15-13-5-3-11(54-13)7-9-1-2-10(53-9)8-12-4-6-14(55-12)36-16(19-23(40)29(46)34(51)30(47)24(19)41)17(37(15)56-36)20-25(42)31(48)35(52)32(49)26(20)43;1-3-14-10-16-5-7-18(22-16)19-8-6-17(23-19)11-15-4-2-13(21-15)9-12(1)20-14/h1-8,53-54,56H;1-11,20-22H. The van der Waals surface area contributed by atoms with Gasteiger partial charge in [-0.05, 0) is 115 Å². The second kappa shape index (κ2) is 18.7. The first-order chi connectivity index (χ1) is 37.8. The number of H-pyrrole nitrogens is 6. The predicted molar refractivity (Wildman–Crippen MR) is 266 cm³/mol. The van der Waals surface area contributed by atoms with Crippen molar-refractivity contribution >= 4 is 90.5 Å². The molecule has 8 aromatic heterocycles. The van der Waals surface area contributed by atoms with E-state index in [1.807, 2.05) is 12.2 Å². The smallest absolute Gasteiger partial charge is 0.200 e. The van der Waals surface area contributed by atoms with Crippen LogP contribution in [0.15, 0.2) is 91.0 Å². The number of nitrogens with one attached hydrogen (secondary N) is 6. The molecule has 11 aromatic rings. The maximum Gasteiger partial charge on any atom is 0.200 e. The fourth-order valence-electron chi connectivity index (χ4n) is 9.36. The zero-order valence-corrected chi connectivity index (χ0v) is 39.0. The minimum atomic E-state index is -2.82. The van der Waals surface area contributed by atoms with Gasteiger partial charge in [-0.2, -0.15) is 0 Å². The van der Waals surface area contributed by atoms with Crippen molar-refractivity contribution in [2.45, 2.75) is 0 Å². The van der Waals surface area contributed by atoms with Crippen molar-refractivity contribution in [3.8, 4) is 33.4 Å². The SMILES string of the molecule is C1=Cc2nc1cc1ccc(cc3ccc(cc4ccc2[nH]4)[nH]3)[nH]1.Fc1c(F)c(F)c(-c2c(-c3c(F)c(F)c(F)c(F)c3F)c3[nH]c2c2nc(cc4ccc(cc5ccc([nH]5)c3-c3c(F)c(F)c(F)c(F)c3F)[nH]4)C=C2)c(F)c1F. The van der Waals surface area contributed by atoms with Gasteiger partial charge in [-0.3, -0.25) is 0 Å². The van der Waals surface area contributed by atoms with E-state index in [4.69, 9.17) is 0 Å². The number of fused-ring (bicyclic) bond motifs is 18. The molecule has 0 atom stereocenters. The fourth-order valence-corrected chi connectivity index (χ4v) is 9.36. The summed E-state index contributed by atoms with van der Waals surface area (Å²) in [5.41, 5.74) is -6.13. The predicted octanol–water partition coefficient (Wildman–Crippen LogP) is 16.5. The van der Waals surface area contributed by atoms with Crippen LogP contribution in [0.3, 0.4) is 0 Å². The lowest BCUT2D eigenvalue weighted by Crippen LogP contribution is -2.07. The second-order valence-corrected chi connectivity index (χ2v) is 17.8. The monoisotopic (exact) mass is 1090 g/mol. The van der Waals surface area contributed by atoms with E-state index in [0.29, 0.717) is 11.0 Å². The van der Waals surface area contributed by atoms with Crippen LogP contribution in [-0.2, 0) is 0 Å². The van der Waals surface area contributed by atoms with Crippen LogP contribution >= 0.6 is 0 Å². The Hall–Kier alpha value is -9.93. The van der Waals surface area contributed by atoms with Crippen molar-refractivity contribution < 1.29 is 65.9 Å². The molecule has 0 saturated carbocycles. The molecule has 394 valence electrons. The van der Waals surface area contributed by atoms with Gasteiger partial charge in [0.25, 0.3) is 0 Å². The van der Waals surface area contributed by atoms with Crippen LogP contribution in [0.2, 0.25) is 0 Å². The van der Waals surface area contributed by atoms with E-state index in [2.05, 4.69) is 94.5 Å². The van der Waals surface area contributed by atoms with Crippen molar-refractivity contribution in [2.24, 2.45) is 0 Å². The normalized spacial score (nSPS) is 12.1. The lowest BCUT2D eigenvalue weighted by atomic mass is 9.91. The van der Waals surface area contributed by atoms with Crippen molar-refractivity contribution in [3.63, 3.8) is 0 Å². The molecular formula is C56H25F15N8. The van der Waals surface area contributed by atoms with Gasteiger partial charge in [0, 0.05) is 66.3 Å². The Morgan fingerprint density at radius 3 is 0.937 bits per heavy atom. The lowest BCUT2D eigenvalue weighted by molar-refractivity contribution is 0.380. The van der Waals surface area contributed by atoms with Crippen molar-refractivity contribution in [3.05, 3.63) is 201 Å². The molecule has 2 aliphatic rings. The Balaban J connectivity index is 0.000000223. The van der Waals surface area contributed by atoms with Gasteiger partial charge in [-0.1, -0.05) is 0 Å². The summed E-state index contributed by atoms with van der Waals surface area (Å²) >= 11 is 0. The lowest BCUT2D eigenvalue weighted by Gasteiger charge is -2.15. The molecule has 16 bridgehead atoms. The number of aromatic amines is 6. The molecule has 13 rings (SSSR count). The molecule has 0 aliphatic carbocycles. The van der Waals surface area contributed by atoms with Gasteiger partial charge in [-0.25, -0.2) is 75.8 Å². The third-order valence-electron chi connectivity index (χ3n) is 12.9. The Bertz CT molecular complexity index is 4680. The van der Waals surface area contributed by atoms with Gasteiger partial charge in [0.05, 0.1) is 56.0 Å². The Kier molecular flexibility index (Phi) is 11.8. The number of rotatable bonds is 3. The summed E-state index contributed by atoms with van der Waals surface area (Å²) in [6, 6.07) is 26.4. The van der Waals surface area contributed by atoms with E-state index in [9.17, 15) is 30.7 Å². The first-order valence-electron chi connectivity index (χ1n) is 23.0. The molecule has 6 N–H and O–H groups in total. The summed E-state index contributed by atoms with van der Waals surface area (Å²) in [5.74, 6) is -40.8. The van der Waals surface area contributed by atoms with E-state index in [1.165, 1.54) is 30.3 Å². The first kappa shape index (κ1) is 49.9. The topological polar surface area (TPSA) is 121 Å². The third kappa shape index (κ3) is 8.31. The van der Waals surface area contributed by atoms with Gasteiger partial charge in [0.2, 0.25) is 17.5 Å². The number of aromatic nitrogens is 8. The highest BCUT2D eigenvalue weighted by Gasteiger charge is 2.38. The molecule has 79 heavy (non-hydrogen) atoms. The quantitative estimate of drug-likeness (QED) is 0.0600. The third-order valence-corrected chi connectivity index (χ3v) is 12.9. The minimum absolute atomic E-state index is 0.0395. The molecule has 3 aromatic carbocycles. The highest BCUT2D eigenvalue weighted by Crippen LogP contribution is 2.50. The number of hydrogen-bond donors (Lipinski definition) is 6. The summed E-state index contributed by atoms with van der Waals surface area (Å²) in [6.45, 7) is 0. The van der Waals surface area contributed by atoms with Gasteiger partial charge < -0.3 is 29.9 Å². The summed E-state index contributed by atoms with van der Waals surface area (Å²) in [5, 5.41) is 0. The van der Waals surface area contributed by atoms with E-state index < -0.39 is 143 Å². The second-order valence-electron chi connectivity index (χ2n) is 17.8. The molecule has 0 fully saturated rings. The van der Waals surface area contributed by atoms with E-state index >= 15 is 35.1 Å². The first-order valence-corrected chi connectivity index (χ1v) is 23.0. The highest BCUT2D eigenvalue weighted by atomic mass is 19.2. The maximum absolute atomic E-state index is 16.0. The maximum atomic E-state index is 16.0. The van der Waals surface area contributed by atoms with Gasteiger partial charge >= 0.3 is 0 Å². The highest BCUT2D eigenvalue weighted by molar-refractivity contribution is 6.12. The number of nitrogens with zero attached hydrogens (tertiary/aromatic N) is 2. The van der Waals surface area contributed by atoms with Gasteiger partial charge in [0.1, 0.15) is 0 Å². The Morgan fingerprint density at radius 2 is 0.519 bits per heavy atom. The summed E-state index contributed by atoms with van der Waals surface area (Å²) in [4.78, 5) is 26.7. The van der Waals surface area contributed by atoms with E-state index in [1.54, 1.807) is 0 Å². The number of benzene rings is 3. The van der Waals surface area contributed by atoms with Gasteiger partial charge in [-0.15, -0.1) is 0 Å². The van der Waals surface area contributed by atoms with Crippen molar-refractivity contribution in [1.29, 1.82) is 0 Å². The van der Waals surface area contributed by atoms with Gasteiger partial charge in [0.15, 0.2) is 69.8 Å². The molecule has 10 heterocycles. The molecule has 2 aliphatic heterocycles. The van der Waals surface area contributed by atoms with E-state index in [-0.39, 0.29) is 11.2 Å². The van der Waals surface area contributed by atoms with Crippen LogP contribution in [0.5, 0.6) is 0 Å². The molecular weight excluding hydrogens is 1070 g/mol. The molecule has 0 saturated heterocycles. The Labute approximate surface area is 429 Å². The van der Waals surface area contributed by atoms with Crippen LogP contribution in [0, 0.1) is 87.3 Å². The molecule has 23 heteroatoms. The average Bonchev–Trinajstić information content (AvgIpc) is 4.47. The molecule has 8 nitrogen and oxygen atoms in total. The molecule has 0 spiro atoms. The fraction of sp³-hybridized carbons (Fsp3) is 0. The van der Waals surface area contributed by atoms with Crippen LogP contribution in [0.25, 0.3) is 124 Å². The molecule has 0 amide bonds. The van der Waals surface area contributed by atoms with Crippen molar-refractivity contribution in [1.82, 2.24) is 39.9 Å². The zero-order valence-electron chi connectivity index (χ0n) is 39.0. The molecule has 0 radical (unpaired) electrons. The van der Waals surface area contributed by atoms with Crippen molar-refractivity contribution in [2.75, 3.05) is 0 Å². The average molecular weight is 1090 g/mol. The summed E-state index contributed by atoms with van der Waals surface area (Å²) in [7, 11) is 0. The van der Waals surface area contributed by atoms with E-state index in [0.717, 1.165) is 62.7 Å². The van der Waals surface area contributed by atoms with Crippen LogP contribution in [-0.4, -0.2) is 39.9 Å². The summed E-state index contributed by atoms with van der Waals surface area (Å²) in [6.07, 6.45) is 6.23. The minimum Gasteiger partial charge on any atom is -0.355 e. The van der Waals surface area contributed by atoms with Crippen LogP contribution in [0.1, 0.15) is 22.8 Å². The number of halogens is 15. The number of hydrogen-bond acceptors (Lipinski definition) is 2. The summed E-state index contributed by atoms with van der Waals surface area (Å²) < 4.78 is 228.